The summed E-state index contributed by atoms with van der Waals surface area (Å²) in [5, 5.41) is 0. The maximum Gasteiger partial charge on any atom is 0.416 e. The summed E-state index contributed by atoms with van der Waals surface area (Å²) in [5.41, 5.74) is -1.16. The minimum Gasteiger partial charge on any atom is -0.463 e. The molecule has 0 saturated heterocycles. The van der Waals surface area contributed by atoms with Crippen LogP contribution in [0.1, 0.15) is 11.1 Å². The molecule has 1 aromatic carbocycles. The lowest BCUT2D eigenvalue weighted by molar-refractivity contribution is -0.151. The molecule has 1 rings (SSSR count). The molecule has 0 N–H and O–H groups in total. The average Bonchev–Trinajstić information content (AvgIpc) is 2.27. The molecule has 0 fully saturated rings. The number of carbonyl (C=O) groups is 2. The number of benzene rings is 1. The summed E-state index contributed by atoms with van der Waals surface area (Å²) in [6.07, 6.45) is -5.17. The van der Waals surface area contributed by atoms with E-state index < -0.39 is 29.9 Å². The Morgan fingerprint density at radius 1 is 1.24 bits per heavy atom. The average molecular weight is 246 g/mol. The van der Waals surface area contributed by atoms with Crippen LogP contribution in [0.4, 0.5) is 13.2 Å². The van der Waals surface area contributed by atoms with Crippen molar-refractivity contribution in [1.82, 2.24) is 0 Å². The van der Waals surface area contributed by atoms with Gasteiger partial charge in [0.25, 0.3) is 0 Å². The SMILES string of the molecule is COC(=O)C(=O)Cc1ccccc1C(F)(F)F. The Hall–Kier alpha value is -1.85. The van der Waals surface area contributed by atoms with Gasteiger partial charge in [0.05, 0.1) is 12.7 Å². The highest BCUT2D eigenvalue weighted by molar-refractivity contribution is 6.34. The number of carbonyl (C=O) groups excluding carboxylic acids is 2. The molecule has 0 unspecified atom stereocenters. The lowest BCUT2D eigenvalue weighted by Crippen LogP contribution is -2.20. The standard InChI is InChI=1S/C11H9F3O3/c1-17-10(16)9(15)6-7-4-2-3-5-8(7)11(12,13)14/h2-5H,6H2,1H3. The predicted molar refractivity (Wildman–Crippen MR) is 52.2 cm³/mol. The maximum absolute atomic E-state index is 12.6. The second-order valence-electron chi connectivity index (χ2n) is 3.25. The van der Waals surface area contributed by atoms with Crippen molar-refractivity contribution >= 4 is 11.8 Å². The third-order valence-corrected chi connectivity index (χ3v) is 2.09. The fraction of sp³-hybridized carbons (Fsp3) is 0.273. The highest BCUT2D eigenvalue weighted by Gasteiger charge is 2.33. The van der Waals surface area contributed by atoms with Crippen molar-refractivity contribution in [1.29, 1.82) is 0 Å². The first-order valence-corrected chi connectivity index (χ1v) is 4.62. The smallest absolute Gasteiger partial charge is 0.416 e. The molecule has 0 bridgehead atoms. The summed E-state index contributed by atoms with van der Waals surface area (Å²) >= 11 is 0. The first-order valence-electron chi connectivity index (χ1n) is 4.62. The number of halogens is 3. The highest BCUT2D eigenvalue weighted by atomic mass is 19.4. The monoisotopic (exact) mass is 246 g/mol. The van der Waals surface area contributed by atoms with Gasteiger partial charge in [0.15, 0.2) is 0 Å². The molecule has 0 spiro atoms. The summed E-state index contributed by atoms with van der Waals surface area (Å²) in [6.45, 7) is 0. The summed E-state index contributed by atoms with van der Waals surface area (Å²) in [4.78, 5) is 22.0. The van der Waals surface area contributed by atoms with E-state index in [1.165, 1.54) is 12.1 Å². The van der Waals surface area contributed by atoms with E-state index in [1.54, 1.807) is 0 Å². The van der Waals surface area contributed by atoms with Crippen molar-refractivity contribution in [3.63, 3.8) is 0 Å². The first kappa shape index (κ1) is 13.2. The van der Waals surface area contributed by atoms with Crippen LogP contribution in [0.25, 0.3) is 0 Å². The Balaban J connectivity index is 3.00. The van der Waals surface area contributed by atoms with Gasteiger partial charge in [-0.25, -0.2) is 4.79 Å². The van der Waals surface area contributed by atoms with Gasteiger partial charge in [0.2, 0.25) is 5.78 Å². The lowest BCUT2D eigenvalue weighted by atomic mass is 10.0. The second-order valence-corrected chi connectivity index (χ2v) is 3.25. The van der Waals surface area contributed by atoms with Crippen LogP contribution in [0, 0.1) is 0 Å². The predicted octanol–water partition coefficient (Wildman–Crippen LogP) is 1.99. The number of ketones is 1. The molecule has 1 aromatic rings. The van der Waals surface area contributed by atoms with Gasteiger partial charge < -0.3 is 4.74 Å². The van der Waals surface area contributed by atoms with Crippen molar-refractivity contribution in [3.8, 4) is 0 Å². The van der Waals surface area contributed by atoms with Crippen molar-refractivity contribution < 1.29 is 27.5 Å². The van der Waals surface area contributed by atoms with Gasteiger partial charge in [-0.05, 0) is 11.6 Å². The fourth-order valence-corrected chi connectivity index (χ4v) is 1.31. The van der Waals surface area contributed by atoms with Gasteiger partial charge in [-0.1, -0.05) is 18.2 Å². The van der Waals surface area contributed by atoms with Crippen molar-refractivity contribution in [2.24, 2.45) is 0 Å². The van der Waals surface area contributed by atoms with E-state index in [0.717, 1.165) is 19.2 Å². The molecular formula is C11H9F3O3. The van der Waals surface area contributed by atoms with Gasteiger partial charge in [-0.3, -0.25) is 4.79 Å². The van der Waals surface area contributed by atoms with Crippen LogP contribution in [-0.2, 0) is 26.9 Å². The van der Waals surface area contributed by atoms with Crippen LogP contribution < -0.4 is 0 Å². The molecule has 0 aliphatic carbocycles. The molecule has 0 aromatic heterocycles. The third kappa shape index (κ3) is 3.30. The Morgan fingerprint density at radius 2 is 1.82 bits per heavy atom. The number of ether oxygens (including phenoxy) is 1. The van der Waals surface area contributed by atoms with Gasteiger partial charge in [0, 0.05) is 6.42 Å². The van der Waals surface area contributed by atoms with E-state index in [2.05, 4.69) is 4.74 Å². The number of methoxy groups -OCH3 is 1. The molecule has 0 atom stereocenters. The third-order valence-electron chi connectivity index (χ3n) is 2.09. The second kappa shape index (κ2) is 4.99. The Kier molecular flexibility index (Phi) is 3.88. The molecule has 0 amide bonds. The van der Waals surface area contributed by atoms with Crippen molar-refractivity contribution in [2.45, 2.75) is 12.6 Å². The Morgan fingerprint density at radius 3 is 2.35 bits per heavy atom. The first-order chi connectivity index (χ1) is 7.86. The van der Waals surface area contributed by atoms with Crippen molar-refractivity contribution in [2.75, 3.05) is 7.11 Å². The number of rotatable bonds is 3. The zero-order valence-electron chi connectivity index (χ0n) is 8.88. The number of Topliss-reactive ketones (excluding diaryl/α,β-unsaturated/α-hetero) is 1. The molecule has 0 aliphatic rings. The van der Waals surface area contributed by atoms with Crippen LogP contribution in [0.3, 0.4) is 0 Å². The van der Waals surface area contributed by atoms with E-state index in [0.29, 0.717) is 0 Å². The van der Waals surface area contributed by atoms with Crippen molar-refractivity contribution in [3.05, 3.63) is 35.4 Å². The van der Waals surface area contributed by atoms with Crippen LogP contribution in [0.5, 0.6) is 0 Å². The molecule has 3 nitrogen and oxygen atoms in total. The van der Waals surface area contributed by atoms with Crippen LogP contribution in [0.15, 0.2) is 24.3 Å². The van der Waals surface area contributed by atoms with Crippen LogP contribution in [0.2, 0.25) is 0 Å². The molecule has 6 heteroatoms. The number of esters is 1. The van der Waals surface area contributed by atoms with E-state index in [9.17, 15) is 22.8 Å². The van der Waals surface area contributed by atoms with Crippen LogP contribution in [-0.4, -0.2) is 18.9 Å². The Bertz CT molecular complexity index is 438. The topological polar surface area (TPSA) is 43.4 Å². The molecule has 0 heterocycles. The molecule has 92 valence electrons. The summed E-state index contributed by atoms with van der Waals surface area (Å²) < 4.78 is 41.8. The van der Waals surface area contributed by atoms with E-state index in [4.69, 9.17) is 0 Å². The van der Waals surface area contributed by atoms with Gasteiger partial charge in [-0.2, -0.15) is 13.2 Å². The summed E-state index contributed by atoms with van der Waals surface area (Å²) in [5.74, 6) is -2.16. The van der Waals surface area contributed by atoms with Gasteiger partial charge in [0.1, 0.15) is 0 Å². The lowest BCUT2D eigenvalue weighted by Gasteiger charge is -2.11. The maximum atomic E-state index is 12.6. The summed E-state index contributed by atoms with van der Waals surface area (Å²) in [6, 6.07) is 4.60. The van der Waals surface area contributed by atoms with Gasteiger partial charge in [-0.15, -0.1) is 0 Å². The molecule has 0 aliphatic heterocycles. The Labute approximate surface area is 95.2 Å². The van der Waals surface area contributed by atoms with E-state index in [-0.39, 0.29) is 5.56 Å². The van der Waals surface area contributed by atoms with E-state index >= 15 is 0 Å². The molecular weight excluding hydrogens is 237 g/mol. The molecule has 17 heavy (non-hydrogen) atoms. The largest absolute Gasteiger partial charge is 0.463 e. The van der Waals surface area contributed by atoms with Crippen LogP contribution >= 0.6 is 0 Å². The minimum absolute atomic E-state index is 0.240. The minimum atomic E-state index is -4.55. The normalized spacial score (nSPS) is 11.1. The molecule has 0 saturated carbocycles. The highest BCUT2D eigenvalue weighted by Crippen LogP contribution is 2.32. The summed E-state index contributed by atoms with van der Waals surface area (Å²) in [7, 11) is 0.996. The fourth-order valence-electron chi connectivity index (χ4n) is 1.31. The number of hydrogen-bond donors (Lipinski definition) is 0. The zero-order chi connectivity index (χ0) is 13.1. The quantitative estimate of drug-likeness (QED) is 0.605. The molecule has 0 radical (unpaired) electrons. The zero-order valence-corrected chi connectivity index (χ0v) is 8.88. The number of hydrogen-bond acceptors (Lipinski definition) is 3. The van der Waals surface area contributed by atoms with E-state index in [1.807, 2.05) is 0 Å². The van der Waals surface area contributed by atoms with Gasteiger partial charge >= 0.3 is 12.1 Å². The number of alkyl halides is 3.